The van der Waals surface area contributed by atoms with Crippen LogP contribution in [0.1, 0.15) is 71.1 Å². The van der Waals surface area contributed by atoms with Crippen LogP contribution in [0.3, 0.4) is 0 Å². The average Bonchev–Trinajstić information content (AvgIpc) is 3.68. The van der Waals surface area contributed by atoms with Gasteiger partial charge in [-0.3, -0.25) is 0 Å². The van der Waals surface area contributed by atoms with Gasteiger partial charge in [-0.25, -0.2) is 0 Å². The molecule has 2 aromatic heterocycles. The van der Waals surface area contributed by atoms with Crippen LogP contribution in [0.5, 0.6) is 0 Å². The number of rotatable bonds is 3. The summed E-state index contributed by atoms with van der Waals surface area (Å²) in [7, 11) is 0. The summed E-state index contributed by atoms with van der Waals surface area (Å²) in [4.78, 5) is 0. The summed E-state index contributed by atoms with van der Waals surface area (Å²) in [5.74, 6) is 0. The molecule has 0 unspecified atom stereocenters. The Balaban J connectivity index is 1.21. The van der Waals surface area contributed by atoms with Crippen LogP contribution < -0.4 is 0 Å². The van der Waals surface area contributed by atoms with E-state index in [1.165, 1.54) is 93.0 Å². The highest BCUT2D eigenvalue weighted by atomic mass is 14.9. The molecule has 10 rings (SSSR count). The van der Waals surface area contributed by atoms with Crippen LogP contribution in [0.15, 0.2) is 139 Å². The largest absolute Gasteiger partial charge is 0.308 e. The molecule has 9 aromatic rings. The van der Waals surface area contributed by atoms with Crippen LogP contribution in [0, 0.1) is 16.7 Å². The van der Waals surface area contributed by atoms with Crippen LogP contribution in [0.25, 0.3) is 87.5 Å². The number of hydrogen-bond acceptors (Lipinski definition) is 1. The molecule has 7 aromatic carbocycles. The van der Waals surface area contributed by atoms with E-state index in [1.54, 1.807) is 0 Å². The molecule has 0 amide bonds. The van der Waals surface area contributed by atoms with Gasteiger partial charge in [-0.15, -0.1) is 0 Å². The molecule has 2 nitrogen and oxygen atoms in total. The number of benzene rings is 7. The zero-order chi connectivity index (χ0) is 37.8. The number of nitrogens with zero attached hydrogens (tertiary/aromatic N) is 2. The molecular formula is C53H44N2. The fourth-order valence-electron chi connectivity index (χ4n) is 8.98. The Morgan fingerprint density at radius 1 is 0.473 bits per heavy atom. The highest BCUT2D eigenvalue weighted by Gasteiger charge is 2.22. The quantitative estimate of drug-likeness (QED) is 0.180. The van der Waals surface area contributed by atoms with Crippen LogP contribution in [0.4, 0.5) is 0 Å². The lowest BCUT2D eigenvalue weighted by atomic mass is 9.79. The molecule has 0 saturated heterocycles. The van der Waals surface area contributed by atoms with Crippen molar-refractivity contribution in [2.75, 3.05) is 0 Å². The third-order valence-corrected chi connectivity index (χ3v) is 12.2. The fraction of sp³-hybridized carbons (Fsp3) is 0.189. The number of nitriles is 1. The van der Waals surface area contributed by atoms with Crippen molar-refractivity contribution < 1.29 is 0 Å². The van der Waals surface area contributed by atoms with E-state index in [2.05, 4.69) is 173 Å². The van der Waals surface area contributed by atoms with Gasteiger partial charge < -0.3 is 4.40 Å². The molecule has 55 heavy (non-hydrogen) atoms. The molecule has 0 bridgehead atoms. The molecular weight excluding hydrogens is 665 g/mol. The van der Waals surface area contributed by atoms with Gasteiger partial charge in [0.15, 0.2) is 0 Å². The van der Waals surface area contributed by atoms with Gasteiger partial charge in [0.25, 0.3) is 0 Å². The number of allylic oxidation sites excluding steroid dienone is 4. The maximum atomic E-state index is 9.50. The predicted molar refractivity (Wildman–Crippen MR) is 235 cm³/mol. The van der Waals surface area contributed by atoms with Gasteiger partial charge in [0, 0.05) is 21.5 Å². The molecule has 266 valence electrons. The van der Waals surface area contributed by atoms with Crippen molar-refractivity contribution in [1.29, 1.82) is 5.26 Å². The van der Waals surface area contributed by atoms with E-state index >= 15 is 0 Å². The van der Waals surface area contributed by atoms with Crippen LogP contribution in [-0.4, -0.2) is 4.40 Å². The molecule has 2 heteroatoms. The molecule has 0 atom stereocenters. The molecule has 0 aliphatic heterocycles. The first-order valence-electron chi connectivity index (χ1n) is 19.6. The monoisotopic (exact) mass is 708 g/mol. The van der Waals surface area contributed by atoms with Gasteiger partial charge in [-0.1, -0.05) is 120 Å². The molecule has 0 saturated carbocycles. The van der Waals surface area contributed by atoms with E-state index in [-0.39, 0.29) is 10.8 Å². The minimum Gasteiger partial charge on any atom is -0.308 e. The minimum absolute atomic E-state index is 0.121. The Kier molecular flexibility index (Phi) is 7.24. The van der Waals surface area contributed by atoms with Crippen LogP contribution in [0.2, 0.25) is 0 Å². The molecule has 1 aliphatic rings. The normalized spacial score (nSPS) is 14.1. The second-order valence-corrected chi connectivity index (χ2v) is 17.8. The third-order valence-electron chi connectivity index (χ3n) is 12.2. The summed E-state index contributed by atoms with van der Waals surface area (Å²) in [5.41, 5.74) is 15.1. The van der Waals surface area contributed by atoms with Gasteiger partial charge in [0.2, 0.25) is 0 Å². The van der Waals surface area contributed by atoms with E-state index in [4.69, 9.17) is 0 Å². The smallest absolute Gasteiger partial charge is 0.0991 e. The standard InChI is InChI=1S/C53H44N2/c1-52(2,3)43-19-15-33(16-20-43)36-11-13-38-25-45-47-27-42(35-9-7-32(31-54)8-10-35)28-48-46-26-39-14-12-37(34-17-21-44(22-18-34)53(4,5)6)24-41(39)30-50(46)55(51(47)48)49(45)29-40(38)23-36/h7-17,19-21,23-30H,18,22H2,1-6H3. The van der Waals surface area contributed by atoms with Crippen molar-refractivity contribution in [2.45, 2.75) is 59.8 Å². The zero-order valence-corrected chi connectivity index (χ0v) is 32.5. The van der Waals surface area contributed by atoms with Crippen molar-refractivity contribution in [3.05, 3.63) is 156 Å². The first kappa shape index (κ1) is 33.4. The number of hydrogen-bond donors (Lipinski definition) is 0. The molecule has 0 fully saturated rings. The lowest BCUT2D eigenvalue weighted by Gasteiger charge is -2.26. The van der Waals surface area contributed by atoms with Gasteiger partial charge in [0.1, 0.15) is 0 Å². The van der Waals surface area contributed by atoms with Crippen molar-refractivity contribution in [2.24, 2.45) is 5.41 Å². The van der Waals surface area contributed by atoms with E-state index in [1.807, 2.05) is 12.1 Å². The lowest BCUT2D eigenvalue weighted by molar-refractivity contribution is 0.482. The van der Waals surface area contributed by atoms with Crippen LogP contribution in [-0.2, 0) is 5.41 Å². The van der Waals surface area contributed by atoms with Crippen LogP contribution >= 0.6 is 0 Å². The van der Waals surface area contributed by atoms with E-state index in [0.717, 1.165) is 24.0 Å². The fourth-order valence-corrected chi connectivity index (χ4v) is 8.98. The van der Waals surface area contributed by atoms with Crippen molar-refractivity contribution in [3.63, 3.8) is 0 Å². The summed E-state index contributed by atoms with van der Waals surface area (Å²) in [5, 5.41) is 19.5. The summed E-state index contributed by atoms with van der Waals surface area (Å²) in [6, 6.07) is 47.6. The lowest BCUT2D eigenvalue weighted by Crippen LogP contribution is -2.11. The van der Waals surface area contributed by atoms with Crippen molar-refractivity contribution in [1.82, 2.24) is 4.40 Å². The molecule has 0 spiro atoms. The first-order chi connectivity index (χ1) is 26.4. The second-order valence-electron chi connectivity index (χ2n) is 17.8. The van der Waals surface area contributed by atoms with E-state index in [9.17, 15) is 5.26 Å². The zero-order valence-electron chi connectivity index (χ0n) is 32.5. The maximum Gasteiger partial charge on any atom is 0.0991 e. The van der Waals surface area contributed by atoms with Gasteiger partial charge in [0.05, 0.1) is 28.2 Å². The second kappa shape index (κ2) is 11.9. The van der Waals surface area contributed by atoms with Gasteiger partial charge in [-0.05, 0) is 145 Å². The van der Waals surface area contributed by atoms with Gasteiger partial charge in [-0.2, -0.15) is 5.26 Å². The van der Waals surface area contributed by atoms with Crippen molar-refractivity contribution in [3.8, 4) is 28.3 Å². The summed E-state index contributed by atoms with van der Waals surface area (Å²) in [6.07, 6.45) is 6.88. The number of aromatic nitrogens is 1. The molecule has 0 N–H and O–H groups in total. The average molecular weight is 709 g/mol. The van der Waals surface area contributed by atoms with E-state index < -0.39 is 0 Å². The van der Waals surface area contributed by atoms with E-state index in [0.29, 0.717) is 5.56 Å². The summed E-state index contributed by atoms with van der Waals surface area (Å²) >= 11 is 0. The van der Waals surface area contributed by atoms with Crippen molar-refractivity contribution >= 4 is 65.2 Å². The Labute approximate surface area is 323 Å². The minimum atomic E-state index is 0.121. The Morgan fingerprint density at radius 2 is 1.02 bits per heavy atom. The topological polar surface area (TPSA) is 28.2 Å². The summed E-state index contributed by atoms with van der Waals surface area (Å²) in [6.45, 7) is 13.7. The highest BCUT2D eigenvalue weighted by molar-refractivity contribution is 6.27. The number of fused-ring (bicyclic) bond motifs is 8. The maximum absolute atomic E-state index is 9.50. The Bertz CT molecular complexity index is 3130. The first-order valence-corrected chi connectivity index (χ1v) is 19.6. The highest BCUT2D eigenvalue weighted by Crippen LogP contribution is 2.45. The molecule has 1 aliphatic carbocycles. The molecule has 0 radical (unpaired) electrons. The predicted octanol–water partition coefficient (Wildman–Crippen LogP) is 14.8. The SMILES string of the molecule is CC(C)(C)C1=CC=C(c2ccc3cc4c5cc(-c6ccc(C#N)cc6)cc6c7cc8ccc(-c9ccc(C(C)(C)C)cc9)cc8cc7n(c4cc3c2)c56)CC1. The molecule has 2 heterocycles. The third kappa shape index (κ3) is 5.45. The Morgan fingerprint density at radius 3 is 1.56 bits per heavy atom. The summed E-state index contributed by atoms with van der Waals surface area (Å²) < 4.78 is 2.52. The van der Waals surface area contributed by atoms with Gasteiger partial charge >= 0.3 is 0 Å². The Hall–Kier alpha value is -6.17.